The molecule has 2 aromatic rings. The Morgan fingerprint density at radius 3 is 2.17 bits per heavy atom. The lowest BCUT2D eigenvalue weighted by Crippen LogP contribution is -2.07. The van der Waals surface area contributed by atoms with Crippen LogP contribution in [-0.4, -0.2) is 19.2 Å². The van der Waals surface area contributed by atoms with Crippen molar-refractivity contribution in [1.29, 1.82) is 0 Å². The zero-order chi connectivity index (χ0) is 16.5. The maximum absolute atomic E-state index is 11.2. The molecule has 0 saturated carbocycles. The summed E-state index contributed by atoms with van der Waals surface area (Å²) in [6.07, 6.45) is 1.62. The molecule has 2 rings (SSSR count). The highest BCUT2D eigenvalue weighted by atomic mass is 16.5. The van der Waals surface area contributed by atoms with E-state index < -0.39 is 0 Å². The van der Waals surface area contributed by atoms with Gasteiger partial charge in [0.15, 0.2) is 0 Å². The molecule has 0 spiro atoms. The van der Waals surface area contributed by atoms with Gasteiger partial charge >= 0.3 is 5.97 Å². The second-order valence-electron chi connectivity index (χ2n) is 5.36. The highest BCUT2D eigenvalue weighted by Gasteiger charge is 2.02. The van der Waals surface area contributed by atoms with E-state index in [2.05, 4.69) is 30.8 Å². The molecule has 0 bridgehead atoms. The van der Waals surface area contributed by atoms with Crippen molar-refractivity contribution in [3.8, 4) is 16.9 Å². The number of ether oxygens (including phenoxy) is 2. The van der Waals surface area contributed by atoms with Gasteiger partial charge in [0.05, 0.1) is 13.2 Å². The number of rotatable bonds is 8. The van der Waals surface area contributed by atoms with E-state index in [1.54, 1.807) is 6.92 Å². The Bertz CT molecular complexity index is 630. The van der Waals surface area contributed by atoms with Crippen molar-refractivity contribution in [2.75, 3.05) is 13.2 Å². The summed E-state index contributed by atoms with van der Waals surface area (Å²) >= 11 is 0. The van der Waals surface area contributed by atoms with Crippen molar-refractivity contribution in [1.82, 2.24) is 0 Å². The van der Waals surface area contributed by atoms with Crippen LogP contribution in [0.25, 0.3) is 11.1 Å². The van der Waals surface area contributed by atoms with Crippen molar-refractivity contribution in [2.24, 2.45) is 0 Å². The number of benzene rings is 2. The SMILES string of the molecule is C=C(C)C(=O)OCCCCOc1ccc(-c2ccccc2)cc1. The average Bonchev–Trinajstić information content (AvgIpc) is 2.59. The standard InChI is InChI=1S/C20H22O3/c1-16(2)20(21)23-15-7-6-14-22-19-12-10-18(11-13-19)17-8-4-3-5-9-17/h3-5,8-13H,1,6-7,14-15H2,2H3. The average molecular weight is 310 g/mol. The first-order valence-corrected chi connectivity index (χ1v) is 7.78. The molecule has 2 aromatic carbocycles. The molecule has 0 saturated heterocycles. The minimum Gasteiger partial charge on any atom is -0.494 e. The van der Waals surface area contributed by atoms with Gasteiger partial charge in [-0.05, 0) is 43.0 Å². The Morgan fingerprint density at radius 2 is 1.52 bits per heavy atom. The van der Waals surface area contributed by atoms with Crippen LogP contribution in [0.2, 0.25) is 0 Å². The minimum atomic E-state index is -0.331. The molecule has 0 aliphatic rings. The smallest absolute Gasteiger partial charge is 0.333 e. The summed E-state index contributed by atoms with van der Waals surface area (Å²) in [6.45, 7) is 6.19. The third-order valence-electron chi connectivity index (χ3n) is 3.35. The minimum absolute atomic E-state index is 0.331. The van der Waals surface area contributed by atoms with Gasteiger partial charge in [-0.2, -0.15) is 0 Å². The number of hydrogen-bond acceptors (Lipinski definition) is 3. The van der Waals surface area contributed by atoms with E-state index in [0.717, 1.165) is 18.6 Å². The Kier molecular flexibility index (Phi) is 6.42. The molecule has 3 heteroatoms. The van der Waals surface area contributed by atoms with Gasteiger partial charge in [0, 0.05) is 5.57 Å². The quantitative estimate of drug-likeness (QED) is 0.405. The topological polar surface area (TPSA) is 35.5 Å². The Hall–Kier alpha value is -2.55. The van der Waals surface area contributed by atoms with Crippen LogP contribution >= 0.6 is 0 Å². The Morgan fingerprint density at radius 1 is 0.913 bits per heavy atom. The molecule has 23 heavy (non-hydrogen) atoms. The first kappa shape index (κ1) is 16.8. The van der Waals surface area contributed by atoms with Crippen molar-refractivity contribution in [2.45, 2.75) is 19.8 Å². The normalized spacial score (nSPS) is 10.1. The lowest BCUT2D eigenvalue weighted by atomic mass is 10.1. The van der Waals surface area contributed by atoms with Gasteiger partial charge in [0.25, 0.3) is 0 Å². The summed E-state index contributed by atoms with van der Waals surface area (Å²) in [5, 5.41) is 0. The molecule has 0 aliphatic carbocycles. The molecule has 0 radical (unpaired) electrons. The number of hydrogen-bond donors (Lipinski definition) is 0. The second kappa shape index (κ2) is 8.79. The third-order valence-corrected chi connectivity index (χ3v) is 3.35. The molecule has 0 heterocycles. The van der Waals surface area contributed by atoms with E-state index in [1.165, 1.54) is 11.1 Å². The first-order valence-electron chi connectivity index (χ1n) is 7.78. The third kappa shape index (κ3) is 5.62. The number of carbonyl (C=O) groups excluding carboxylic acids is 1. The van der Waals surface area contributed by atoms with Gasteiger partial charge in [-0.25, -0.2) is 4.79 Å². The number of carbonyl (C=O) groups is 1. The highest BCUT2D eigenvalue weighted by molar-refractivity contribution is 5.86. The van der Waals surface area contributed by atoms with Crippen LogP contribution < -0.4 is 4.74 Å². The van der Waals surface area contributed by atoms with Gasteiger partial charge < -0.3 is 9.47 Å². The second-order valence-corrected chi connectivity index (χ2v) is 5.36. The fourth-order valence-electron chi connectivity index (χ4n) is 2.06. The van der Waals surface area contributed by atoms with Crippen molar-refractivity contribution >= 4 is 5.97 Å². The Labute approximate surface area is 137 Å². The predicted molar refractivity (Wildman–Crippen MR) is 92.4 cm³/mol. The zero-order valence-electron chi connectivity index (χ0n) is 13.5. The lowest BCUT2D eigenvalue weighted by Gasteiger charge is -2.08. The molecule has 0 amide bonds. The maximum atomic E-state index is 11.2. The van der Waals surface area contributed by atoms with Gasteiger partial charge in [-0.15, -0.1) is 0 Å². The Balaban J connectivity index is 1.69. The van der Waals surface area contributed by atoms with Crippen LogP contribution in [0.5, 0.6) is 5.75 Å². The largest absolute Gasteiger partial charge is 0.494 e. The van der Waals surface area contributed by atoms with E-state index in [1.807, 2.05) is 30.3 Å². The maximum Gasteiger partial charge on any atom is 0.333 e. The molecular weight excluding hydrogens is 288 g/mol. The lowest BCUT2D eigenvalue weighted by molar-refractivity contribution is -0.139. The summed E-state index contributed by atoms with van der Waals surface area (Å²) < 4.78 is 10.7. The zero-order valence-corrected chi connectivity index (χ0v) is 13.5. The van der Waals surface area contributed by atoms with Crippen LogP contribution in [0, 0.1) is 0 Å². The van der Waals surface area contributed by atoms with Crippen LogP contribution in [0.3, 0.4) is 0 Å². The van der Waals surface area contributed by atoms with Crippen molar-refractivity contribution < 1.29 is 14.3 Å². The molecule has 0 aromatic heterocycles. The summed E-state index contributed by atoms with van der Waals surface area (Å²) in [6, 6.07) is 18.3. The molecular formula is C20H22O3. The molecule has 120 valence electrons. The van der Waals surface area contributed by atoms with Crippen LogP contribution in [0.15, 0.2) is 66.7 Å². The molecule has 0 aliphatic heterocycles. The summed E-state index contributed by atoms with van der Waals surface area (Å²) in [4.78, 5) is 11.2. The van der Waals surface area contributed by atoms with E-state index in [0.29, 0.717) is 18.8 Å². The molecule has 0 atom stereocenters. The van der Waals surface area contributed by atoms with Crippen molar-refractivity contribution in [3.63, 3.8) is 0 Å². The van der Waals surface area contributed by atoms with E-state index in [9.17, 15) is 4.79 Å². The van der Waals surface area contributed by atoms with Crippen molar-refractivity contribution in [3.05, 3.63) is 66.7 Å². The monoisotopic (exact) mass is 310 g/mol. The van der Waals surface area contributed by atoms with Gasteiger partial charge in [0.2, 0.25) is 0 Å². The summed E-state index contributed by atoms with van der Waals surface area (Å²) in [7, 11) is 0. The van der Waals surface area contributed by atoms with Gasteiger partial charge in [-0.1, -0.05) is 49.0 Å². The fraction of sp³-hybridized carbons (Fsp3) is 0.250. The highest BCUT2D eigenvalue weighted by Crippen LogP contribution is 2.22. The van der Waals surface area contributed by atoms with Crippen LogP contribution in [-0.2, 0) is 9.53 Å². The predicted octanol–water partition coefficient (Wildman–Crippen LogP) is 4.63. The number of unbranched alkanes of at least 4 members (excludes halogenated alkanes) is 1. The van der Waals surface area contributed by atoms with Gasteiger partial charge in [0.1, 0.15) is 5.75 Å². The molecule has 3 nitrogen and oxygen atoms in total. The van der Waals surface area contributed by atoms with E-state index >= 15 is 0 Å². The molecule has 0 N–H and O–H groups in total. The summed E-state index contributed by atoms with van der Waals surface area (Å²) in [5.74, 6) is 0.519. The molecule has 0 fully saturated rings. The van der Waals surface area contributed by atoms with E-state index in [4.69, 9.17) is 9.47 Å². The summed E-state index contributed by atoms with van der Waals surface area (Å²) in [5.41, 5.74) is 2.79. The van der Waals surface area contributed by atoms with Gasteiger partial charge in [-0.3, -0.25) is 0 Å². The first-order chi connectivity index (χ1) is 11.2. The van der Waals surface area contributed by atoms with Crippen LogP contribution in [0.1, 0.15) is 19.8 Å². The van der Waals surface area contributed by atoms with E-state index in [-0.39, 0.29) is 5.97 Å². The molecule has 0 unspecified atom stereocenters. The van der Waals surface area contributed by atoms with Crippen LogP contribution in [0.4, 0.5) is 0 Å². The fourth-order valence-corrected chi connectivity index (χ4v) is 2.06. The number of esters is 1.